The molecule has 0 fully saturated rings. The van der Waals surface area contributed by atoms with Crippen LogP contribution < -0.4 is 10.3 Å². The summed E-state index contributed by atoms with van der Waals surface area (Å²) in [4.78, 5) is 15.2. The maximum absolute atomic E-state index is 11.3. The summed E-state index contributed by atoms with van der Waals surface area (Å²) in [5.74, 6) is -0.499. The molecule has 3 aromatic rings. The lowest BCUT2D eigenvalue weighted by atomic mass is 10.1. The number of nitrogens with one attached hydrogen (secondary N) is 1. The highest BCUT2D eigenvalue weighted by Gasteiger charge is 2.24. The monoisotopic (exact) mass is 340 g/mol. The van der Waals surface area contributed by atoms with Gasteiger partial charge in [-0.1, -0.05) is 38.7 Å². The molecule has 0 aliphatic heterocycles. The maximum Gasteiger partial charge on any atom is 0.470 e. The van der Waals surface area contributed by atoms with Gasteiger partial charge in [-0.15, -0.1) is 0 Å². The molecule has 3 rings (SSSR count). The number of rotatable bonds is 2. The van der Waals surface area contributed by atoms with E-state index in [0.29, 0.717) is 10.9 Å². The van der Waals surface area contributed by atoms with Crippen LogP contribution in [0.3, 0.4) is 0 Å². The lowest BCUT2D eigenvalue weighted by molar-refractivity contribution is -0.588. The van der Waals surface area contributed by atoms with Crippen molar-refractivity contribution in [1.82, 2.24) is 10.1 Å². The van der Waals surface area contributed by atoms with Crippen molar-refractivity contribution in [3.63, 3.8) is 0 Å². The van der Waals surface area contributed by atoms with Gasteiger partial charge in [0.15, 0.2) is 0 Å². The molecule has 1 atom stereocenters. The van der Waals surface area contributed by atoms with Crippen LogP contribution in [0.5, 0.6) is 0 Å². The number of H-pyrrole nitrogens is 1. The lowest BCUT2D eigenvalue weighted by Crippen LogP contribution is -2.32. The largest absolute Gasteiger partial charge is 0.470 e. The van der Waals surface area contributed by atoms with Gasteiger partial charge in [-0.2, -0.15) is 0 Å². The Morgan fingerprint density at radius 3 is 2.95 bits per heavy atom. The van der Waals surface area contributed by atoms with Crippen molar-refractivity contribution in [1.29, 1.82) is 0 Å². The lowest BCUT2D eigenvalue weighted by Gasteiger charge is -2.05. The minimum atomic E-state index is -0.499. The molecule has 0 saturated heterocycles. The van der Waals surface area contributed by atoms with E-state index in [0.717, 1.165) is 11.3 Å². The molecule has 0 bridgehead atoms. The summed E-state index contributed by atoms with van der Waals surface area (Å²) in [5, 5.41) is 3.04. The van der Waals surface area contributed by atoms with Gasteiger partial charge in [0.25, 0.3) is 0 Å². The topological polar surface area (TPSA) is 63.0 Å². The van der Waals surface area contributed by atoms with Crippen LogP contribution in [0.4, 0.5) is 0 Å². The molecule has 0 aliphatic carbocycles. The summed E-state index contributed by atoms with van der Waals surface area (Å²) in [6.45, 7) is 0. The van der Waals surface area contributed by atoms with Gasteiger partial charge in [-0.25, -0.2) is 9.78 Å². The van der Waals surface area contributed by atoms with Crippen LogP contribution in [0.1, 0.15) is 16.1 Å². The van der Waals surface area contributed by atoms with Crippen LogP contribution in [0.15, 0.2) is 45.7 Å². The molecule has 5 nitrogen and oxygen atoms in total. The summed E-state index contributed by atoms with van der Waals surface area (Å²) < 4.78 is 6.60. The van der Waals surface area contributed by atoms with Crippen LogP contribution in [0.2, 0.25) is 5.15 Å². The van der Waals surface area contributed by atoms with Crippen molar-refractivity contribution in [2.75, 3.05) is 0 Å². The van der Waals surface area contributed by atoms with Crippen LogP contribution in [0.25, 0.3) is 5.71 Å². The highest BCUT2D eigenvalue weighted by atomic mass is 79.9. The molecular formula is C12H8BrClN3O2+. The van der Waals surface area contributed by atoms with Gasteiger partial charge < -0.3 is 4.42 Å². The van der Waals surface area contributed by atoms with E-state index in [1.54, 1.807) is 22.8 Å². The van der Waals surface area contributed by atoms with E-state index < -0.39 is 5.76 Å². The van der Waals surface area contributed by atoms with Crippen LogP contribution in [-0.2, 0) is 0 Å². The molecule has 0 aliphatic rings. The molecule has 0 saturated carbocycles. The van der Waals surface area contributed by atoms with Crippen molar-refractivity contribution in [2.45, 2.75) is 4.83 Å². The Morgan fingerprint density at radius 1 is 1.37 bits per heavy atom. The first kappa shape index (κ1) is 12.4. The molecule has 1 N–H and O–H groups in total. The minimum absolute atomic E-state index is 0.140. The number of aromatic amines is 1. The average molecular weight is 342 g/mol. The predicted octanol–water partition coefficient (Wildman–Crippen LogP) is 2.24. The summed E-state index contributed by atoms with van der Waals surface area (Å²) >= 11 is 9.35. The number of halogens is 2. The van der Waals surface area contributed by atoms with Gasteiger partial charge in [0.2, 0.25) is 5.69 Å². The van der Waals surface area contributed by atoms with Crippen LogP contribution in [-0.4, -0.2) is 10.1 Å². The summed E-state index contributed by atoms with van der Waals surface area (Å²) in [6.07, 6.45) is 1.68. The molecule has 0 aromatic carbocycles. The highest BCUT2D eigenvalue weighted by Crippen LogP contribution is 2.28. The zero-order valence-electron chi connectivity index (χ0n) is 9.51. The van der Waals surface area contributed by atoms with Crippen molar-refractivity contribution in [2.24, 2.45) is 0 Å². The third-order valence-corrected chi connectivity index (χ3v) is 3.91. The third kappa shape index (κ3) is 2.29. The zero-order chi connectivity index (χ0) is 13.4. The van der Waals surface area contributed by atoms with Gasteiger partial charge in [-0.3, -0.25) is 0 Å². The van der Waals surface area contributed by atoms with Crippen molar-refractivity contribution < 1.29 is 8.93 Å². The Kier molecular flexibility index (Phi) is 3.12. The fourth-order valence-corrected chi connectivity index (χ4v) is 2.56. The summed E-state index contributed by atoms with van der Waals surface area (Å²) in [7, 11) is 0. The summed E-state index contributed by atoms with van der Waals surface area (Å²) in [6, 6.07) is 8.99. The van der Waals surface area contributed by atoms with Gasteiger partial charge >= 0.3 is 11.5 Å². The first-order valence-electron chi connectivity index (χ1n) is 5.44. The van der Waals surface area contributed by atoms with Gasteiger partial charge in [-0.05, 0) is 22.2 Å². The summed E-state index contributed by atoms with van der Waals surface area (Å²) in [5.41, 5.74) is 2.20. The minimum Gasteiger partial charge on any atom is -0.348 e. The number of nitrogens with zero attached hydrogens (tertiary/aromatic N) is 2. The Hall–Kier alpha value is -1.66. The predicted molar refractivity (Wildman–Crippen MR) is 72.5 cm³/mol. The van der Waals surface area contributed by atoms with Gasteiger partial charge in [0.1, 0.15) is 9.98 Å². The van der Waals surface area contributed by atoms with Gasteiger partial charge in [0, 0.05) is 12.3 Å². The first-order valence-corrected chi connectivity index (χ1v) is 6.74. The standard InChI is InChI=1S/C12H7BrClN3O2/c13-11(7-4-5-9(14)15-6-7)8-2-1-3-10-17(8)16-12(18)19-10/h1-6,11H/p+1. The molecule has 1 unspecified atom stereocenters. The van der Waals surface area contributed by atoms with E-state index in [4.69, 9.17) is 16.0 Å². The Balaban J connectivity index is 2.13. The second kappa shape index (κ2) is 4.79. The van der Waals surface area contributed by atoms with Crippen molar-refractivity contribution in [3.8, 4) is 0 Å². The van der Waals surface area contributed by atoms with Crippen LogP contribution in [0, 0.1) is 0 Å². The smallest absolute Gasteiger partial charge is 0.348 e. The second-order valence-electron chi connectivity index (χ2n) is 3.90. The molecular weight excluding hydrogens is 334 g/mol. The van der Waals surface area contributed by atoms with E-state index in [2.05, 4.69) is 26.0 Å². The second-order valence-corrected chi connectivity index (χ2v) is 5.21. The molecule has 3 heterocycles. The van der Waals surface area contributed by atoms with Gasteiger partial charge in [0.05, 0.1) is 6.07 Å². The Morgan fingerprint density at radius 2 is 2.21 bits per heavy atom. The van der Waals surface area contributed by atoms with E-state index in [9.17, 15) is 4.79 Å². The first-order chi connectivity index (χ1) is 9.15. The van der Waals surface area contributed by atoms with E-state index >= 15 is 0 Å². The molecule has 0 spiro atoms. The molecule has 96 valence electrons. The quantitative estimate of drug-likeness (QED) is 0.442. The van der Waals surface area contributed by atoms with E-state index in [1.807, 2.05) is 18.2 Å². The van der Waals surface area contributed by atoms with Crippen molar-refractivity contribution >= 4 is 33.2 Å². The third-order valence-electron chi connectivity index (χ3n) is 2.69. The zero-order valence-corrected chi connectivity index (χ0v) is 11.9. The SMILES string of the molecule is O=c1[nH][n+]2c(C(Br)c3ccc(Cl)nc3)cccc2o1. The molecule has 3 aromatic heterocycles. The molecule has 7 heteroatoms. The number of alkyl halides is 1. The number of hydrogen-bond acceptors (Lipinski definition) is 3. The highest BCUT2D eigenvalue weighted by molar-refractivity contribution is 9.09. The van der Waals surface area contributed by atoms with E-state index in [1.165, 1.54) is 0 Å². The van der Waals surface area contributed by atoms with Crippen molar-refractivity contribution in [3.05, 3.63) is 63.5 Å². The average Bonchev–Trinajstić information content (AvgIpc) is 2.78. The fourth-order valence-electron chi connectivity index (χ4n) is 1.82. The van der Waals surface area contributed by atoms with E-state index in [-0.39, 0.29) is 4.83 Å². The maximum atomic E-state index is 11.3. The number of fused-ring (bicyclic) bond motifs is 1. The molecule has 0 amide bonds. The Labute approximate surface area is 121 Å². The fraction of sp³-hybridized carbons (Fsp3) is 0.0833. The number of hydrogen-bond donors (Lipinski definition) is 1. The Bertz CT molecular complexity index is 782. The molecule has 19 heavy (non-hydrogen) atoms. The van der Waals surface area contributed by atoms with Crippen LogP contribution >= 0.6 is 27.5 Å². The molecule has 0 radical (unpaired) electrons. The normalized spacial score (nSPS) is 12.7. The number of aromatic nitrogens is 3. The number of pyridine rings is 2.